The number of β-amino-alcohol motifs (C(OH)–C–C–N with tert-alkyl or cyclic N) is 1. The molecule has 2 fully saturated rings. The normalized spacial score (nSPS) is 22.3. The molecule has 0 aliphatic carbocycles. The van der Waals surface area contributed by atoms with Crippen LogP contribution in [0.15, 0.2) is 29.2 Å². The van der Waals surface area contributed by atoms with Gasteiger partial charge in [-0.1, -0.05) is 18.2 Å². The zero-order chi connectivity index (χ0) is 22.3. The van der Waals surface area contributed by atoms with E-state index in [1.165, 1.54) is 0 Å². The number of piperidine rings is 1. The van der Waals surface area contributed by atoms with Crippen molar-refractivity contribution in [2.24, 2.45) is 0 Å². The fourth-order valence-electron chi connectivity index (χ4n) is 5.00. The Kier molecular flexibility index (Phi) is 5.99. The number of carbonyl (C=O) groups is 1. The quantitative estimate of drug-likeness (QED) is 0.639. The molecule has 0 radical (unpaired) electrons. The van der Waals surface area contributed by atoms with Gasteiger partial charge in [0.25, 0.3) is 5.91 Å². The van der Waals surface area contributed by atoms with Gasteiger partial charge in [0.2, 0.25) is 0 Å². The highest BCUT2D eigenvalue weighted by Gasteiger charge is 2.38. The van der Waals surface area contributed by atoms with Crippen molar-refractivity contribution in [1.82, 2.24) is 19.6 Å². The van der Waals surface area contributed by atoms with Crippen LogP contribution in [-0.4, -0.2) is 92.2 Å². The Labute approximate surface area is 188 Å². The lowest BCUT2D eigenvalue weighted by Gasteiger charge is -2.39. The van der Waals surface area contributed by atoms with Crippen molar-refractivity contribution in [2.75, 3.05) is 52.5 Å². The van der Waals surface area contributed by atoms with Crippen LogP contribution in [0.1, 0.15) is 34.9 Å². The molecular formula is C22H30N4O5S. The largest absolute Gasteiger partial charge is 0.395 e. The van der Waals surface area contributed by atoms with E-state index in [9.17, 15) is 19.0 Å². The molecule has 1 amide bonds. The summed E-state index contributed by atoms with van der Waals surface area (Å²) in [5, 5.41) is 14.1. The van der Waals surface area contributed by atoms with E-state index in [0.29, 0.717) is 49.0 Å². The average Bonchev–Trinajstić information content (AvgIpc) is 3.18. The fourth-order valence-corrected chi connectivity index (χ4v) is 6.64. The molecule has 32 heavy (non-hydrogen) atoms. The van der Waals surface area contributed by atoms with Gasteiger partial charge in [-0.3, -0.25) is 18.6 Å². The molecule has 9 nitrogen and oxygen atoms in total. The molecule has 3 aliphatic heterocycles. The van der Waals surface area contributed by atoms with Gasteiger partial charge in [-0.05, 0) is 18.9 Å². The molecule has 0 spiro atoms. The van der Waals surface area contributed by atoms with Crippen molar-refractivity contribution in [3.8, 4) is 11.3 Å². The number of aliphatic hydroxyl groups is 1. The number of nitrogens with zero attached hydrogens (tertiary/aromatic N) is 4. The third-order valence-electron chi connectivity index (χ3n) is 6.67. The number of fused-ring (bicyclic) bond motifs is 3. The number of likely N-dealkylation sites (tertiary alicyclic amines) is 1. The lowest BCUT2D eigenvalue weighted by molar-refractivity contribution is 0.0297. The zero-order valence-corrected chi connectivity index (χ0v) is 18.8. The number of carbonyl (C=O) groups excluding carboxylic acids is 1. The highest BCUT2D eigenvalue weighted by molar-refractivity contribution is 8.23. The minimum Gasteiger partial charge on any atom is -0.395 e. The number of rotatable bonds is 4. The Morgan fingerprint density at radius 3 is 2.56 bits per heavy atom. The second kappa shape index (κ2) is 8.77. The molecular weight excluding hydrogens is 432 g/mol. The molecule has 0 bridgehead atoms. The van der Waals surface area contributed by atoms with Crippen LogP contribution in [0.4, 0.5) is 0 Å². The number of ether oxygens (including phenoxy) is 1. The van der Waals surface area contributed by atoms with Gasteiger partial charge in [0.05, 0.1) is 42.2 Å². The van der Waals surface area contributed by atoms with E-state index in [-0.39, 0.29) is 24.3 Å². The molecule has 0 atom stereocenters. The number of morpholine rings is 1. The standard InChI is InChI=1S/C22H30N4O5S/c27-12-9-24-7-5-16(6-8-24)26-21-17-3-1-2-4-19(17)32(29,30)15-18(21)20(23-26)22(28)25-10-13-31-14-11-25/h1-4,16,27,29-30H,5-15H2. The molecule has 3 N–H and O–H groups in total. The molecule has 10 heteroatoms. The topological polar surface area (TPSA) is 111 Å². The van der Waals surface area contributed by atoms with E-state index in [1.807, 2.05) is 22.9 Å². The molecule has 5 rings (SSSR count). The number of benzene rings is 1. The van der Waals surface area contributed by atoms with Crippen LogP contribution < -0.4 is 0 Å². The first-order valence-corrected chi connectivity index (χ1v) is 12.9. The minimum absolute atomic E-state index is 0.00805. The van der Waals surface area contributed by atoms with Gasteiger partial charge < -0.3 is 19.6 Å². The number of aromatic nitrogens is 2. The van der Waals surface area contributed by atoms with Gasteiger partial charge in [0, 0.05) is 43.9 Å². The molecule has 2 aromatic rings. The SMILES string of the molecule is O=C(c1nn(C2CCN(CCO)CC2)c2c1CS(O)(O)c1ccccc1-2)N1CCOCC1. The fraction of sp³-hybridized carbons (Fsp3) is 0.545. The average molecular weight is 463 g/mol. The van der Waals surface area contributed by atoms with Crippen molar-refractivity contribution >= 4 is 16.5 Å². The Morgan fingerprint density at radius 1 is 1.12 bits per heavy atom. The Morgan fingerprint density at radius 2 is 1.84 bits per heavy atom. The molecule has 3 aliphatic rings. The van der Waals surface area contributed by atoms with E-state index in [1.54, 1.807) is 11.0 Å². The summed E-state index contributed by atoms with van der Waals surface area (Å²) in [4.78, 5) is 17.9. The Bertz CT molecular complexity index is 996. The number of amides is 1. The maximum absolute atomic E-state index is 13.4. The van der Waals surface area contributed by atoms with Gasteiger partial charge in [-0.2, -0.15) is 15.7 Å². The van der Waals surface area contributed by atoms with Crippen molar-refractivity contribution in [1.29, 1.82) is 0 Å². The highest BCUT2D eigenvalue weighted by atomic mass is 32.3. The summed E-state index contributed by atoms with van der Waals surface area (Å²) < 4.78 is 29.2. The summed E-state index contributed by atoms with van der Waals surface area (Å²) in [5.74, 6) is -0.163. The summed E-state index contributed by atoms with van der Waals surface area (Å²) in [6, 6.07) is 7.46. The van der Waals surface area contributed by atoms with E-state index < -0.39 is 10.6 Å². The summed E-state index contributed by atoms with van der Waals surface area (Å²) in [5.41, 5.74) is 2.55. The van der Waals surface area contributed by atoms with Crippen LogP contribution in [-0.2, 0) is 10.5 Å². The third kappa shape index (κ3) is 3.85. The van der Waals surface area contributed by atoms with E-state index >= 15 is 0 Å². The first kappa shape index (κ1) is 21.9. The van der Waals surface area contributed by atoms with Gasteiger partial charge >= 0.3 is 0 Å². The lowest BCUT2D eigenvalue weighted by atomic mass is 10.0. The highest BCUT2D eigenvalue weighted by Crippen LogP contribution is 2.60. The summed E-state index contributed by atoms with van der Waals surface area (Å²) in [6.07, 6.45) is 1.72. The van der Waals surface area contributed by atoms with E-state index in [0.717, 1.165) is 37.2 Å². The maximum atomic E-state index is 13.4. The monoisotopic (exact) mass is 462 g/mol. The maximum Gasteiger partial charge on any atom is 0.274 e. The first-order valence-electron chi connectivity index (χ1n) is 11.2. The van der Waals surface area contributed by atoms with Crippen molar-refractivity contribution in [3.63, 3.8) is 0 Å². The molecule has 0 unspecified atom stereocenters. The molecule has 2 saturated heterocycles. The predicted molar refractivity (Wildman–Crippen MR) is 121 cm³/mol. The molecule has 1 aromatic carbocycles. The number of hydrogen-bond acceptors (Lipinski definition) is 7. The molecule has 0 saturated carbocycles. The van der Waals surface area contributed by atoms with Crippen LogP contribution in [0.25, 0.3) is 11.3 Å². The van der Waals surface area contributed by atoms with Crippen LogP contribution in [0.3, 0.4) is 0 Å². The van der Waals surface area contributed by atoms with Crippen LogP contribution in [0, 0.1) is 0 Å². The first-order chi connectivity index (χ1) is 15.5. The smallest absolute Gasteiger partial charge is 0.274 e. The van der Waals surface area contributed by atoms with Gasteiger partial charge in [0.1, 0.15) is 0 Å². The van der Waals surface area contributed by atoms with E-state index in [4.69, 9.17) is 9.84 Å². The summed E-state index contributed by atoms with van der Waals surface area (Å²) in [7, 11) is -3.06. The summed E-state index contributed by atoms with van der Waals surface area (Å²) >= 11 is 0. The third-order valence-corrected chi connectivity index (χ3v) is 8.42. The second-order valence-electron chi connectivity index (χ2n) is 8.63. The number of aliphatic hydroxyl groups excluding tert-OH is 1. The zero-order valence-electron chi connectivity index (χ0n) is 18.0. The van der Waals surface area contributed by atoms with Gasteiger partial charge in [-0.25, -0.2) is 0 Å². The Hall–Kier alpha value is -1.95. The van der Waals surface area contributed by atoms with Crippen LogP contribution in [0.2, 0.25) is 0 Å². The number of hydrogen-bond donors (Lipinski definition) is 3. The van der Waals surface area contributed by atoms with Gasteiger partial charge in [-0.15, -0.1) is 0 Å². The Balaban J connectivity index is 1.58. The van der Waals surface area contributed by atoms with E-state index in [2.05, 4.69) is 4.90 Å². The van der Waals surface area contributed by atoms with Crippen molar-refractivity contribution in [3.05, 3.63) is 35.5 Å². The van der Waals surface area contributed by atoms with Crippen molar-refractivity contribution in [2.45, 2.75) is 29.5 Å². The van der Waals surface area contributed by atoms with Crippen LogP contribution >= 0.6 is 10.6 Å². The van der Waals surface area contributed by atoms with Gasteiger partial charge in [0.15, 0.2) is 5.69 Å². The second-order valence-corrected chi connectivity index (χ2v) is 10.7. The minimum atomic E-state index is -3.06. The van der Waals surface area contributed by atoms with Crippen LogP contribution in [0.5, 0.6) is 0 Å². The molecule has 4 heterocycles. The molecule has 174 valence electrons. The molecule has 1 aromatic heterocycles. The summed E-state index contributed by atoms with van der Waals surface area (Å²) in [6.45, 7) is 4.51. The predicted octanol–water partition coefficient (Wildman–Crippen LogP) is 2.27. The lowest BCUT2D eigenvalue weighted by Crippen LogP contribution is -2.41. The van der Waals surface area contributed by atoms with Crippen molar-refractivity contribution < 1.29 is 23.7 Å².